The van der Waals surface area contributed by atoms with Crippen LogP contribution in [0, 0.1) is 12.7 Å². The Bertz CT molecular complexity index is 609. The molecule has 22 heavy (non-hydrogen) atoms. The smallest absolute Gasteiger partial charge is 0.220 e. The van der Waals surface area contributed by atoms with E-state index in [-0.39, 0.29) is 17.6 Å². The molecule has 0 saturated carbocycles. The summed E-state index contributed by atoms with van der Waals surface area (Å²) in [7, 11) is 0. The zero-order valence-corrected chi connectivity index (χ0v) is 13.8. The number of amides is 1. The number of aryl methyl sites for hydroxylation is 1. The number of thiazole rings is 1. The standard InChI is InChI=1S/C17H21FN2OS/c1-3-13(14-4-6-15(18)7-5-14)10-17(21)19-9-8-16-11-22-12(2)20-16/h4-7,11,13H,3,8-10H2,1-2H3,(H,19,21). The van der Waals surface area contributed by atoms with E-state index >= 15 is 0 Å². The highest BCUT2D eigenvalue weighted by Crippen LogP contribution is 2.23. The molecule has 118 valence electrons. The molecule has 0 aliphatic heterocycles. The Kier molecular flexibility index (Phi) is 6.07. The number of carbonyl (C=O) groups is 1. The quantitative estimate of drug-likeness (QED) is 0.842. The van der Waals surface area contributed by atoms with Gasteiger partial charge in [-0.25, -0.2) is 9.37 Å². The maximum atomic E-state index is 13.0. The van der Waals surface area contributed by atoms with Crippen LogP contribution in [0.5, 0.6) is 0 Å². The molecule has 1 atom stereocenters. The molecule has 5 heteroatoms. The van der Waals surface area contributed by atoms with Gasteiger partial charge in [-0.3, -0.25) is 4.79 Å². The van der Waals surface area contributed by atoms with Gasteiger partial charge in [-0.1, -0.05) is 19.1 Å². The lowest BCUT2D eigenvalue weighted by atomic mass is 9.93. The van der Waals surface area contributed by atoms with Crippen LogP contribution in [0.3, 0.4) is 0 Å². The minimum Gasteiger partial charge on any atom is -0.356 e. The molecule has 1 unspecified atom stereocenters. The van der Waals surface area contributed by atoms with E-state index < -0.39 is 0 Å². The molecule has 1 aromatic carbocycles. The number of benzene rings is 1. The largest absolute Gasteiger partial charge is 0.356 e. The molecule has 1 aromatic heterocycles. The van der Waals surface area contributed by atoms with Gasteiger partial charge in [0.2, 0.25) is 5.91 Å². The molecule has 1 heterocycles. The molecule has 0 radical (unpaired) electrons. The van der Waals surface area contributed by atoms with Gasteiger partial charge in [0.1, 0.15) is 5.82 Å². The molecule has 3 nitrogen and oxygen atoms in total. The van der Waals surface area contributed by atoms with E-state index in [1.165, 1.54) is 12.1 Å². The summed E-state index contributed by atoms with van der Waals surface area (Å²) in [6.45, 7) is 4.61. The Morgan fingerprint density at radius 3 is 2.68 bits per heavy atom. The number of hydrogen-bond donors (Lipinski definition) is 1. The van der Waals surface area contributed by atoms with Crippen LogP contribution in [0.4, 0.5) is 4.39 Å². The monoisotopic (exact) mass is 320 g/mol. The third kappa shape index (κ3) is 4.91. The van der Waals surface area contributed by atoms with Crippen molar-refractivity contribution in [2.45, 2.75) is 39.0 Å². The van der Waals surface area contributed by atoms with Crippen molar-refractivity contribution in [3.05, 3.63) is 51.7 Å². The number of halogens is 1. The van der Waals surface area contributed by atoms with Crippen molar-refractivity contribution >= 4 is 17.2 Å². The van der Waals surface area contributed by atoms with Gasteiger partial charge in [-0.15, -0.1) is 11.3 Å². The fraction of sp³-hybridized carbons (Fsp3) is 0.412. The Labute approximate surface area is 134 Å². The summed E-state index contributed by atoms with van der Waals surface area (Å²) >= 11 is 1.62. The fourth-order valence-corrected chi connectivity index (χ4v) is 3.03. The lowest BCUT2D eigenvalue weighted by molar-refractivity contribution is -0.121. The molecule has 0 spiro atoms. The molecule has 0 fully saturated rings. The van der Waals surface area contributed by atoms with Crippen LogP contribution in [-0.4, -0.2) is 17.4 Å². The second kappa shape index (κ2) is 8.03. The number of nitrogens with one attached hydrogen (secondary N) is 1. The van der Waals surface area contributed by atoms with Crippen LogP contribution < -0.4 is 5.32 Å². The van der Waals surface area contributed by atoms with Crippen LogP contribution in [-0.2, 0) is 11.2 Å². The maximum Gasteiger partial charge on any atom is 0.220 e. The van der Waals surface area contributed by atoms with Crippen molar-refractivity contribution in [1.82, 2.24) is 10.3 Å². The molecular weight excluding hydrogens is 299 g/mol. The van der Waals surface area contributed by atoms with E-state index in [0.29, 0.717) is 13.0 Å². The number of carbonyl (C=O) groups excluding carboxylic acids is 1. The lowest BCUT2D eigenvalue weighted by Crippen LogP contribution is -2.27. The summed E-state index contributed by atoms with van der Waals surface area (Å²) in [5.41, 5.74) is 2.03. The Hall–Kier alpha value is -1.75. The van der Waals surface area contributed by atoms with E-state index in [4.69, 9.17) is 0 Å². The molecule has 0 aliphatic rings. The van der Waals surface area contributed by atoms with Crippen molar-refractivity contribution in [2.24, 2.45) is 0 Å². The summed E-state index contributed by atoms with van der Waals surface area (Å²) in [5.74, 6) is -0.0909. The number of hydrogen-bond acceptors (Lipinski definition) is 3. The van der Waals surface area contributed by atoms with Gasteiger partial charge in [0.05, 0.1) is 10.7 Å². The molecule has 2 rings (SSSR count). The summed E-state index contributed by atoms with van der Waals surface area (Å²) in [4.78, 5) is 16.4. The summed E-state index contributed by atoms with van der Waals surface area (Å²) in [6, 6.07) is 6.41. The third-order valence-electron chi connectivity index (χ3n) is 3.64. The molecular formula is C17H21FN2OS. The Morgan fingerprint density at radius 2 is 2.09 bits per heavy atom. The van der Waals surface area contributed by atoms with Crippen molar-refractivity contribution in [1.29, 1.82) is 0 Å². The highest BCUT2D eigenvalue weighted by atomic mass is 32.1. The lowest BCUT2D eigenvalue weighted by Gasteiger charge is -2.15. The van der Waals surface area contributed by atoms with Crippen molar-refractivity contribution in [3.63, 3.8) is 0 Å². The highest BCUT2D eigenvalue weighted by molar-refractivity contribution is 7.09. The van der Waals surface area contributed by atoms with Crippen LogP contribution in [0.2, 0.25) is 0 Å². The SMILES string of the molecule is CCC(CC(=O)NCCc1csc(C)n1)c1ccc(F)cc1. The van der Waals surface area contributed by atoms with E-state index in [9.17, 15) is 9.18 Å². The van der Waals surface area contributed by atoms with E-state index in [0.717, 1.165) is 29.1 Å². The zero-order valence-electron chi connectivity index (χ0n) is 12.9. The number of rotatable bonds is 7. The van der Waals surface area contributed by atoms with Gasteiger partial charge in [0, 0.05) is 24.8 Å². The topological polar surface area (TPSA) is 42.0 Å². The van der Waals surface area contributed by atoms with Gasteiger partial charge in [0.15, 0.2) is 0 Å². The predicted octanol–water partition coefficient (Wildman–Crippen LogP) is 3.83. The summed E-state index contributed by atoms with van der Waals surface area (Å²) < 4.78 is 13.0. The minimum absolute atomic E-state index is 0.0307. The van der Waals surface area contributed by atoms with Gasteiger partial charge >= 0.3 is 0 Å². The van der Waals surface area contributed by atoms with Crippen LogP contribution in [0.15, 0.2) is 29.6 Å². The molecule has 0 aliphatic carbocycles. The Morgan fingerprint density at radius 1 is 1.36 bits per heavy atom. The molecule has 0 saturated heterocycles. The first-order valence-electron chi connectivity index (χ1n) is 7.51. The second-order valence-corrected chi connectivity index (χ2v) is 6.38. The Balaban J connectivity index is 1.80. The average Bonchev–Trinajstić information content (AvgIpc) is 2.91. The molecule has 1 amide bonds. The average molecular weight is 320 g/mol. The maximum absolute atomic E-state index is 13.0. The first-order valence-corrected chi connectivity index (χ1v) is 8.39. The zero-order chi connectivity index (χ0) is 15.9. The highest BCUT2D eigenvalue weighted by Gasteiger charge is 2.14. The van der Waals surface area contributed by atoms with Crippen molar-refractivity contribution in [2.75, 3.05) is 6.54 Å². The van der Waals surface area contributed by atoms with Gasteiger partial charge < -0.3 is 5.32 Å². The normalized spacial score (nSPS) is 12.1. The van der Waals surface area contributed by atoms with Crippen LogP contribution in [0.25, 0.3) is 0 Å². The minimum atomic E-state index is -0.249. The van der Waals surface area contributed by atoms with Gasteiger partial charge in [-0.2, -0.15) is 0 Å². The second-order valence-electron chi connectivity index (χ2n) is 5.32. The van der Waals surface area contributed by atoms with Crippen LogP contribution in [0.1, 0.15) is 41.9 Å². The summed E-state index contributed by atoms with van der Waals surface area (Å²) in [6.07, 6.45) is 2.03. The molecule has 0 bridgehead atoms. The fourth-order valence-electron chi connectivity index (χ4n) is 2.38. The number of nitrogens with zero attached hydrogens (tertiary/aromatic N) is 1. The molecule has 1 N–H and O–H groups in total. The third-order valence-corrected chi connectivity index (χ3v) is 4.46. The first kappa shape index (κ1) is 16.6. The van der Waals surface area contributed by atoms with Crippen molar-refractivity contribution in [3.8, 4) is 0 Å². The van der Waals surface area contributed by atoms with Gasteiger partial charge in [0.25, 0.3) is 0 Å². The summed E-state index contributed by atoms with van der Waals surface area (Å²) in [5, 5.41) is 6.01. The van der Waals surface area contributed by atoms with Crippen molar-refractivity contribution < 1.29 is 9.18 Å². The molecule has 2 aromatic rings. The van der Waals surface area contributed by atoms with E-state index in [1.54, 1.807) is 23.5 Å². The van der Waals surface area contributed by atoms with E-state index in [2.05, 4.69) is 10.3 Å². The van der Waals surface area contributed by atoms with Crippen LogP contribution >= 0.6 is 11.3 Å². The first-order chi connectivity index (χ1) is 10.6. The van der Waals surface area contributed by atoms with Gasteiger partial charge in [-0.05, 0) is 37.0 Å². The van der Waals surface area contributed by atoms with E-state index in [1.807, 2.05) is 19.2 Å². The number of aromatic nitrogens is 1. The predicted molar refractivity (Wildman–Crippen MR) is 87.6 cm³/mol.